The van der Waals surface area contributed by atoms with Gasteiger partial charge in [-0.25, -0.2) is 0 Å². The van der Waals surface area contributed by atoms with Gasteiger partial charge < -0.3 is 15.0 Å². The van der Waals surface area contributed by atoms with Gasteiger partial charge in [0.1, 0.15) is 6.61 Å². The summed E-state index contributed by atoms with van der Waals surface area (Å²) in [6.07, 6.45) is -4.18. The van der Waals surface area contributed by atoms with E-state index < -0.39 is 18.7 Å². The van der Waals surface area contributed by atoms with Crippen molar-refractivity contribution in [3.8, 4) is 0 Å². The summed E-state index contributed by atoms with van der Waals surface area (Å²) in [5.41, 5.74) is 3.30. The molecule has 1 saturated heterocycles. The number of carbonyl (C=O) groups is 2. The molecule has 160 valence electrons. The minimum absolute atomic E-state index is 0.0813. The summed E-state index contributed by atoms with van der Waals surface area (Å²) in [6.45, 7) is 1.16. The molecule has 1 atom stereocenters. The summed E-state index contributed by atoms with van der Waals surface area (Å²) < 4.78 is 40.9. The molecule has 0 aliphatic carbocycles. The number of carbonyl (C=O) groups excluding carboxylic acids is 2. The third kappa shape index (κ3) is 6.06. The number of alkyl halides is 3. The van der Waals surface area contributed by atoms with Gasteiger partial charge >= 0.3 is 6.18 Å². The lowest BCUT2D eigenvalue weighted by atomic mass is 10.1. The van der Waals surface area contributed by atoms with Gasteiger partial charge in [0, 0.05) is 25.2 Å². The molecule has 3 rings (SSSR count). The smallest absolute Gasteiger partial charge is 0.367 e. The normalized spacial score (nSPS) is 16.7. The van der Waals surface area contributed by atoms with Crippen LogP contribution in [0.1, 0.15) is 23.1 Å². The van der Waals surface area contributed by atoms with E-state index in [-0.39, 0.29) is 31.4 Å². The predicted molar refractivity (Wildman–Crippen MR) is 106 cm³/mol. The second kappa shape index (κ2) is 9.30. The quantitative estimate of drug-likeness (QED) is 0.743. The Hall–Kier alpha value is -2.87. The van der Waals surface area contributed by atoms with Crippen LogP contribution >= 0.6 is 0 Å². The average molecular weight is 420 g/mol. The monoisotopic (exact) mass is 420 g/mol. The molecule has 2 aromatic rings. The van der Waals surface area contributed by atoms with Gasteiger partial charge in [-0.2, -0.15) is 13.2 Å². The standard InChI is InChI=1S/C22H23F3N2O3/c1-15-2-8-19(9-3-15)27-12-18(10-20(27)28)21(29)26-11-16-4-6-17(7-5-16)13-30-14-22(23,24)25/h2-9,18H,10-14H2,1H3,(H,26,29). The number of rotatable bonds is 7. The lowest BCUT2D eigenvalue weighted by Gasteiger charge is -2.17. The summed E-state index contributed by atoms with van der Waals surface area (Å²) in [5.74, 6) is -0.702. The number of halogens is 3. The van der Waals surface area contributed by atoms with E-state index in [0.29, 0.717) is 12.1 Å². The molecule has 2 aromatic carbocycles. The van der Waals surface area contributed by atoms with Crippen molar-refractivity contribution in [2.24, 2.45) is 5.92 Å². The van der Waals surface area contributed by atoms with Crippen LogP contribution in [0.5, 0.6) is 0 Å². The molecule has 0 radical (unpaired) electrons. The summed E-state index contributed by atoms with van der Waals surface area (Å²) >= 11 is 0. The van der Waals surface area contributed by atoms with Gasteiger partial charge in [-0.1, -0.05) is 42.0 Å². The number of hydrogen-bond donors (Lipinski definition) is 1. The van der Waals surface area contributed by atoms with Crippen LogP contribution in [0.3, 0.4) is 0 Å². The Bertz CT molecular complexity index is 880. The first-order valence-electron chi connectivity index (χ1n) is 9.58. The maximum atomic E-state index is 12.5. The molecule has 0 saturated carbocycles. The highest BCUT2D eigenvalue weighted by atomic mass is 19.4. The Morgan fingerprint density at radius 2 is 1.73 bits per heavy atom. The SMILES string of the molecule is Cc1ccc(N2CC(C(=O)NCc3ccc(COCC(F)(F)F)cc3)CC2=O)cc1. The second-order valence-electron chi connectivity index (χ2n) is 7.38. The van der Waals surface area contributed by atoms with Crippen LogP contribution in [0.4, 0.5) is 18.9 Å². The van der Waals surface area contributed by atoms with Crippen LogP contribution in [0.2, 0.25) is 0 Å². The molecular weight excluding hydrogens is 397 g/mol. The molecule has 1 N–H and O–H groups in total. The van der Waals surface area contributed by atoms with Crippen LogP contribution in [0, 0.1) is 12.8 Å². The van der Waals surface area contributed by atoms with E-state index in [1.165, 1.54) is 0 Å². The third-order valence-electron chi connectivity index (χ3n) is 4.87. The largest absolute Gasteiger partial charge is 0.411 e. The summed E-state index contributed by atoms with van der Waals surface area (Å²) in [6, 6.07) is 14.4. The van der Waals surface area contributed by atoms with E-state index in [1.54, 1.807) is 29.2 Å². The van der Waals surface area contributed by atoms with E-state index >= 15 is 0 Å². The molecule has 1 aliphatic heterocycles. The van der Waals surface area contributed by atoms with E-state index in [2.05, 4.69) is 10.1 Å². The molecule has 0 aromatic heterocycles. The van der Waals surface area contributed by atoms with Crippen molar-refractivity contribution in [1.82, 2.24) is 5.32 Å². The first kappa shape index (κ1) is 21.8. The lowest BCUT2D eigenvalue weighted by molar-refractivity contribution is -0.176. The Morgan fingerprint density at radius 3 is 2.37 bits per heavy atom. The van der Waals surface area contributed by atoms with Gasteiger partial charge in [0.2, 0.25) is 11.8 Å². The van der Waals surface area contributed by atoms with Crippen molar-refractivity contribution in [1.29, 1.82) is 0 Å². The number of ether oxygens (including phenoxy) is 1. The van der Waals surface area contributed by atoms with Gasteiger partial charge in [-0.05, 0) is 30.2 Å². The fourth-order valence-electron chi connectivity index (χ4n) is 3.23. The first-order valence-corrected chi connectivity index (χ1v) is 9.58. The summed E-state index contributed by atoms with van der Waals surface area (Å²) in [7, 11) is 0. The third-order valence-corrected chi connectivity index (χ3v) is 4.87. The van der Waals surface area contributed by atoms with Crippen molar-refractivity contribution in [3.05, 3.63) is 65.2 Å². The van der Waals surface area contributed by atoms with Crippen LogP contribution in [-0.4, -0.2) is 31.1 Å². The number of aryl methyl sites for hydroxylation is 1. The highest BCUT2D eigenvalue weighted by molar-refractivity contribution is 6.00. The number of anilines is 1. The van der Waals surface area contributed by atoms with E-state index in [0.717, 1.165) is 16.8 Å². The van der Waals surface area contributed by atoms with Crippen LogP contribution < -0.4 is 10.2 Å². The van der Waals surface area contributed by atoms with E-state index in [9.17, 15) is 22.8 Å². The predicted octanol–water partition coefficient (Wildman–Crippen LogP) is 3.74. The summed E-state index contributed by atoms with van der Waals surface area (Å²) in [4.78, 5) is 26.4. The minimum atomic E-state index is -4.35. The first-order chi connectivity index (χ1) is 14.2. The molecule has 5 nitrogen and oxygen atoms in total. The Morgan fingerprint density at radius 1 is 1.10 bits per heavy atom. The molecule has 30 heavy (non-hydrogen) atoms. The number of hydrogen-bond acceptors (Lipinski definition) is 3. The molecule has 0 spiro atoms. The Balaban J connectivity index is 1.47. The number of amides is 2. The molecule has 1 fully saturated rings. The lowest BCUT2D eigenvalue weighted by Crippen LogP contribution is -2.32. The number of nitrogens with zero attached hydrogens (tertiary/aromatic N) is 1. The topological polar surface area (TPSA) is 58.6 Å². The van der Waals surface area contributed by atoms with E-state index in [1.807, 2.05) is 31.2 Å². The van der Waals surface area contributed by atoms with Crippen molar-refractivity contribution in [3.63, 3.8) is 0 Å². The maximum absolute atomic E-state index is 12.5. The minimum Gasteiger partial charge on any atom is -0.367 e. The van der Waals surface area contributed by atoms with Gasteiger partial charge in [-0.15, -0.1) is 0 Å². The molecule has 0 bridgehead atoms. The number of benzene rings is 2. The average Bonchev–Trinajstić information content (AvgIpc) is 3.08. The molecule has 1 heterocycles. The van der Waals surface area contributed by atoms with Crippen molar-refractivity contribution in [2.75, 3.05) is 18.1 Å². The van der Waals surface area contributed by atoms with Crippen LogP contribution in [-0.2, 0) is 27.5 Å². The van der Waals surface area contributed by atoms with Gasteiger partial charge in [0.05, 0.1) is 12.5 Å². The zero-order valence-electron chi connectivity index (χ0n) is 16.5. The highest BCUT2D eigenvalue weighted by Gasteiger charge is 2.35. The van der Waals surface area contributed by atoms with Gasteiger partial charge in [-0.3, -0.25) is 9.59 Å². The maximum Gasteiger partial charge on any atom is 0.411 e. The van der Waals surface area contributed by atoms with Crippen molar-refractivity contribution >= 4 is 17.5 Å². The van der Waals surface area contributed by atoms with E-state index in [4.69, 9.17) is 0 Å². The molecular formula is C22H23F3N2O3. The molecule has 2 amide bonds. The van der Waals surface area contributed by atoms with Crippen molar-refractivity contribution < 1.29 is 27.5 Å². The molecule has 1 unspecified atom stereocenters. The zero-order valence-corrected chi connectivity index (χ0v) is 16.5. The number of nitrogens with one attached hydrogen (secondary N) is 1. The Labute approximate surface area is 172 Å². The fourth-order valence-corrected chi connectivity index (χ4v) is 3.23. The van der Waals surface area contributed by atoms with Crippen LogP contribution in [0.25, 0.3) is 0 Å². The molecule has 8 heteroatoms. The second-order valence-corrected chi connectivity index (χ2v) is 7.38. The summed E-state index contributed by atoms with van der Waals surface area (Å²) in [5, 5.41) is 2.83. The highest BCUT2D eigenvalue weighted by Crippen LogP contribution is 2.25. The van der Waals surface area contributed by atoms with Crippen LogP contribution in [0.15, 0.2) is 48.5 Å². The van der Waals surface area contributed by atoms with Gasteiger partial charge in [0.15, 0.2) is 0 Å². The Kier molecular flexibility index (Phi) is 6.77. The zero-order chi connectivity index (χ0) is 21.7. The molecule has 1 aliphatic rings. The fraction of sp³-hybridized carbons (Fsp3) is 0.364. The van der Waals surface area contributed by atoms with Gasteiger partial charge in [0.25, 0.3) is 0 Å². The van der Waals surface area contributed by atoms with Crippen molar-refractivity contribution in [2.45, 2.75) is 32.7 Å².